The van der Waals surface area contributed by atoms with Crippen LogP contribution in [0.4, 0.5) is 21.6 Å². The van der Waals surface area contributed by atoms with Crippen LogP contribution in [0.3, 0.4) is 0 Å². The van der Waals surface area contributed by atoms with Crippen LogP contribution in [0.25, 0.3) is 10.9 Å². The predicted molar refractivity (Wildman–Crippen MR) is 148 cm³/mol. The summed E-state index contributed by atoms with van der Waals surface area (Å²) in [6.07, 6.45) is 1.49. The van der Waals surface area contributed by atoms with E-state index in [1.54, 1.807) is 56.7 Å². The van der Waals surface area contributed by atoms with E-state index in [1.165, 1.54) is 18.5 Å². The minimum absolute atomic E-state index is 0.126. The molecule has 1 heterocycles. The molecular weight excluding hydrogens is 499 g/mol. The van der Waals surface area contributed by atoms with Gasteiger partial charge in [-0.2, -0.15) is 0 Å². The van der Waals surface area contributed by atoms with Crippen molar-refractivity contribution in [3.63, 3.8) is 0 Å². The lowest BCUT2D eigenvalue weighted by Crippen LogP contribution is -2.12. The fourth-order valence-corrected chi connectivity index (χ4v) is 4.02. The Kier molecular flexibility index (Phi) is 7.22. The van der Waals surface area contributed by atoms with Crippen molar-refractivity contribution in [3.8, 4) is 23.0 Å². The zero-order valence-corrected chi connectivity index (χ0v) is 21.5. The van der Waals surface area contributed by atoms with Gasteiger partial charge in [0.25, 0.3) is 5.91 Å². The number of carbonyl (C=O) groups is 1. The Balaban J connectivity index is 1.29. The van der Waals surface area contributed by atoms with Gasteiger partial charge in [-0.3, -0.25) is 4.79 Å². The van der Waals surface area contributed by atoms with Crippen molar-refractivity contribution >= 4 is 34.0 Å². The molecule has 1 amide bonds. The summed E-state index contributed by atoms with van der Waals surface area (Å²) >= 11 is 0. The number of amides is 1. The Labute approximate surface area is 224 Å². The number of para-hydroxylation sites is 1. The summed E-state index contributed by atoms with van der Waals surface area (Å²) in [7, 11) is 3.16. The van der Waals surface area contributed by atoms with E-state index >= 15 is 0 Å². The zero-order valence-electron chi connectivity index (χ0n) is 21.5. The van der Waals surface area contributed by atoms with Crippen LogP contribution < -0.4 is 24.8 Å². The SMILES string of the molecule is COc1cc2ncnc(Nc3ccc(Oc4ccc(C(=O)Nc5ccccc5F)cc4)c(C)c3)c2cc1OC. The van der Waals surface area contributed by atoms with Gasteiger partial charge in [-0.15, -0.1) is 0 Å². The molecule has 8 nitrogen and oxygen atoms in total. The molecule has 0 atom stereocenters. The van der Waals surface area contributed by atoms with Crippen LogP contribution in [0.5, 0.6) is 23.0 Å². The smallest absolute Gasteiger partial charge is 0.255 e. The second-order valence-electron chi connectivity index (χ2n) is 8.61. The molecule has 0 spiro atoms. The maximum absolute atomic E-state index is 13.8. The summed E-state index contributed by atoms with van der Waals surface area (Å²) < 4.78 is 30.7. The topological polar surface area (TPSA) is 94.6 Å². The van der Waals surface area contributed by atoms with Crippen molar-refractivity contribution < 1.29 is 23.4 Å². The lowest BCUT2D eigenvalue weighted by atomic mass is 10.1. The lowest BCUT2D eigenvalue weighted by molar-refractivity contribution is 0.102. The quantitative estimate of drug-likeness (QED) is 0.228. The molecule has 0 radical (unpaired) electrons. The summed E-state index contributed by atoms with van der Waals surface area (Å²) in [5.74, 6) is 2.10. The van der Waals surface area contributed by atoms with Crippen LogP contribution in [-0.4, -0.2) is 30.1 Å². The first-order valence-electron chi connectivity index (χ1n) is 12.0. The van der Waals surface area contributed by atoms with Gasteiger partial charge in [0, 0.05) is 22.7 Å². The molecule has 0 aliphatic rings. The molecule has 1 aromatic heterocycles. The number of rotatable bonds is 8. The molecule has 0 unspecified atom stereocenters. The number of halogens is 1. The predicted octanol–water partition coefficient (Wildman–Crippen LogP) is 6.88. The molecule has 0 bridgehead atoms. The normalized spacial score (nSPS) is 10.7. The van der Waals surface area contributed by atoms with E-state index in [2.05, 4.69) is 20.6 Å². The minimum Gasteiger partial charge on any atom is -0.493 e. The molecule has 0 saturated heterocycles. The molecule has 0 fully saturated rings. The van der Waals surface area contributed by atoms with Crippen LogP contribution in [0.15, 0.2) is 85.2 Å². The van der Waals surface area contributed by atoms with Crippen LogP contribution in [-0.2, 0) is 0 Å². The van der Waals surface area contributed by atoms with E-state index in [4.69, 9.17) is 14.2 Å². The monoisotopic (exact) mass is 524 g/mol. The third-order valence-corrected chi connectivity index (χ3v) is 6.04. The Morgan fingerprint density at radius 1 is 0.846 bits per heavy atom. The van der Waals surface area contributed by atoms with Gasteiger partial charge in [0.15, 0.2) is 11.5 Å². The molecule has 0 aliphatic carbocycles. The van der Waals surface area contributed by atoms with E-state index < -0.39 is 11.7 Å². The number of hydrogen-bond acceptors (Lipinski definition) is 7. The minimum atomic E-state index is -0.493. The molecule has 2 N–H and O–H groups in total. The van der Waals surface area contributed by atoms with Crippen LogP contribution >= 0.6 is 0 Å². The number of nitrogens with zero attached hydrogens (tertiary/aromatic N) is 2. The van der Waals surface area contributed by atoms with Crippen molar-refractivity contribution in [2.24, 2.45) is 0 Å². The van der Waals surface area contributed by atoms with Gasteiger partial charge in [-0.25, -0.2) is 14.4 Å². The summed E-state index contributed by atoms with van der Waals surface area (Å²) in [4.78, 5) is 21.2. The summed E-state index contributed by atoms with van der Waals surface area (Å²) in [5.41, 5.74) is 2.93. The van der Waals surface area contributed by atoms with Gasteiger partial charge in [0.05, 0.1) is 25.4 Å². The van der Waals surface area contributed by atoms with Crippen molar-refractivity contribution in [1.82, 2.24) is 9.97 Å². The highest BCUT2D eigenvalue weighted by atomic mass is 19.1. The van der Waals surface area contributed by atoms with E-state index in [-0.39, 0.29) is 5.69 Å². The number of carbonyl (C=O) groups excluding carboxylic acids is 1. The average molecular weight is 525 g/mol. The maximum Gasteiger partial charge on any atom is 0.255 e. The molecule has 5 rings (SSSR count). The number of benzene rings is 4. The zero-order chi connectivity index (χ0) is 27.4. The molecule has 0 saturated carbocycles. The molecule has 9 heteroatoms. The Bertz CT molecular complexity index is 1660. The van der Waals surface area contributed by atoms with Gasteiger partial charge in [0.1, 0.15) is 29.5 Å². The molecule has 0 aliphatic heterocycles. The largest absolute Gasteiger partial charge is 0.493 e. The number of nitrogens with one attached hydrogen (secondary N) is 2. The van der Waals surface area contributed by atoms with Gasteiger partial charge in [-0.05, 0) is 73.2 Å². The highest BCUT2D eigenvalue weighted by molar-refractivity contribution is 6.04. The Morgan fingerprint density at radius 3 is 2.31 bits per heavy atom. The molecule has 5 aromatic rings. The molecule has 196 valence electrons. The standard InChI is InChI=1S/C30H25FN4O4/c1-18-14-20(34-29-22-15-27(37-2)28(38-3)16-25(22)32-17-33-29)10-13-26(18)39-21-11-8-19(9-12-21)30(36)35-24-7-5-4-6-23(24)31/h4-17H,1-3H3,(H,35,36)(H,32,33,34). The first-order valence-corrected chi connectivity index (χ1v) is 12.0. The molecule has 39 heavy (non-hydrogen) atoms. The van der Waals surface area contributed by atoms with Crippen molar-refractivity contribution in [1.29, 1.82) is 0 Å². The number of anilines is 3. The highest BCUT2D eigenvalue weighted by Gasteiger charge is 2.13. The van der Waals surface area contributed by atoms with Crippen molar-refractivity contribution in [3.05, 3.63) is 102 Å². The number of fused-ring (bicyclic) bond motifs is 1. The summed E-state index contributed by atoms with van der Waals surface area (Å²) in [6, 6.07) is 22.0. The highest BCUT2D eigenvalue weighted by Crippen LogP contribution is 2.35. The summed E-state index contributed by atoms with van der Waals surface area (Å²) in [5, 5.41) is 6.69. The van der Waals surface area contributed by atoms with E-state index in [1.807, 2.05) is 31.2 Å². The third-order valence-electron chi connectivity index (χ3n) is 6.04. The van der Waals surface area contributed by atoms with E-state index in [0.29, 0.717) is 39.9 Å². The fourth-order valence-electron chi connectivity index (χ4n) is 4.02. The first kappa shape index (κ1) is 25.5. The number of ether oxygens (including phenoxy) is 3. The van der Waals surface area contributed by atoms with Crippen LogP contribution in [0.2, 0.25) is 0 Å². The average Bonchev–Trinajstić information content (AvgIpc) is 2.95. The first-order chi connectivity index (χ1) is 18.9. The van der Waals surface area contributed by atoms with Crippen LogP contribution in [0.1, 0.15) is 15.9 Å². The molecule has 4 aromatic carbocycles. The second-order valence-corrected chi connectivity index (χ2v) is 8.61. The van der Waals surface area contributed by atoms with Gasteiger partial charge >= 0.3 is 0 Å². The fraction of sp³-hybridized carbons (Fsp3) is 0.100. The Hall–Kier alpha value is -5.18. The van der Waals surface area contributed by atoms with Crippen molar-refractivity contribution in [2.45, 2.75) is 6.92 Å². The van der Waals surface area contributed by atoms with Gasteiger partial charge in [0.2, 0.25) is 0 Å². The van der Waals surface area contributed by atoms with E-state index in [0.717, 1.165) is 16.6 Å². The number of hydrogen-bond donors (Lipinski definition) is 2. The summed E-state index contributed by atoms with van der Waals surface area (Å²) in [6.45, 7) is 1.93. The third kappa shape index (κ3) is 5.57. The van der Waals surface area contributed by atoms with Gasteiger partial charge < -0.3 is 24.8 Å². The number of methoxy groups -OCH3 is 2. The lowest BCUT2D eigenvalue weighted by Gasteiger charge is -2.14. The van der Waals surface area contributed by atoms with E-state index in [9.17, 15) is 9.18 Å². The van der Waals surface area contributed by atoms with Crippen molar-refractivity contribution in [2.75, 3.05) is 24.9 Å². The molecular formula is C30H25FN4O4. The van der Waals surface area contributed by atoms with Gasteiger partial charge in [-0.1, -0.05) is 12.1 Å². The number of aromatic nitrogens is 2. The maximum atomic E-state index is 13.8. The van der Waals surface area contributed by atoms with Crippen LogP contribution in [0, 0.1) is 12.7 Å². The second kappa shape index (κ2) is 11.1. The Morgan fingerprint density at radius 2 is 1.59 bits per heavy atom. The number of aryl methyl sites for hydroxylation is 1.